The minimum atomic E-state index is -1.48. The Labute approximate surface area is 129 Å². The number of H-pyrrole nitrogens is 1. The van der Waals surface area contributed by atoms with Gasteiger partial charge in [0.25, 0.3) is 5.56 Å². The van der Waals surface area contributed by atoms with Crippen molar-refractivity contribution in [2.45, 2.75) is 0 Å². The third-order valence-electron chi connectivity index (χ3n) is 2.84. The first-order chi connectivity index (χ1) is 10.3. The Bertz CT molecular complexity index is 941. The lowest BCUT2D eigenvalue weighted by Crippen LogP contribution is -2.17. The van der Waals surface area contributed by atoms with Crippen LogP contribution < -0.4 is 11.3 Å². The molecule has 0 aliphatic rings. The Kier molecular flexibility index (Phi) is 3.93. The molecule has 0 amide bonds. The van der Waals surface area contributed by atoms with E-state index in [0.29, 0.717) is 6.07 Å². The van der Waals surface area contributed by atoms with E-state index < -0.39 is 55.6 Å². The van der Waals surface area contributed by atoms with E-state index in [-0.39, 0.29) is 0 Å². The summed E-state index contributed by atoms with van der Waals surface area (Å²) in [6, 6.07) is 3.55. The zero-order valence-corrected chi connectivity index (χ0v) is 12.1. The van der Waals surface area contributed by atoms with E-state index in [1.54, 1.807) is 6.07 Å². The minimum Gasteiger partial charge on any atom is -0.384 e. The Morgan fingerprint density at radius 1 is 1.14 bits per heavy atom. The number of hydrogen-bond donors (Lipinski definition) is 2. The van der Waals surface area contributed by atoms with Crippen LogP contribution in [-0.2, 0) is 0 Å². The van der Waals surface area contributed by atoms with Gasteiger partial charge in [0, 0.05) is 11.1 Å². The van der Waals surface area contributed by atoms with Crippen molar-refractivity contribution in [2.24, 2.45) is 0 Å². The first-order valence-corrected chi connectivity index (χ1v) is 6.32. The summed E-state index contributed by atoms with van der Waals surface area (Å²) in [5, 5.41) is 18.1. The van der Waals surface area contributed by atoms with E-state index in [2.05, 4.69) is 20.9 Å². The zero-order chi connectivity index (χ0) is 16.6. The van der Waals surface area contributed by atoms with Crippen LogP contribution in [0, 0.1) is 40.1 Å². The zero-order valence-electron chi connectivity index (χ0n) is 10.5. The number of anilines is 1. The lowest BCUT2D eigenvalue weighted by Gasteiger charge is -2.11. The van der Waals surface area contributed by atoms with Crippen LogP contribution in [0.1, 0.15) is 11.1 Å². The molecule has 22 heavy (non-hydrogen) atoms. The Morgan fingerprint density at radius 2 is 1.73 bits per heavy atom. The predicted molar refractivity (Wildman–Crippen MR) is 73.9 cm³/mol. The van der Waals surface area contributed by atoms with Gasteiger partial charge in [-0.3, -0.25) is 4.79 Å². The normalized spacial score (nSPS) is 10.1. The molecule has 0 aliphatic carbocycles. The summed E-state index contributed by atoms with van der Waals surface area (Å²) < 4.78 is 40.2. The summed E-state index contributed by atoms with van der Waals surface area (Å²) in [7, 11) is 0. The van der Waals surface area contributed by atoms with Crippen LogP contribution in [-0.4, -0.2) is 4.98 Å². The van der Waals surface area contributed by atoms with Gasteiger partial charge < -0.3 is 10.7 Å². The fourth-order valence-electron chi connectivity index (χ4n) is 1.87. The molecule has 5 nitrogen and oxygen atoms in total. The van der Waals surface area contributed by atoms with Crippen molar-refractivity contribution in [3.8, 4) is 23.3 Å². The third kappa shape index (κ3) is 2.22. The lowest BCUT2D eigenvalue weighted by molar-refractivity contribution is 0.489. The second-order valence-corrected chi connectivity index (χ2v) is 4.86. The van der Waals surface area contributed by atoms with Gasteiger partial charge in [-0.25, -0.2) is 13.2 Å². The number of rotatable bonds is 1. The van der Waals surface area contributed by atoms with Crippen LogP contribution in [0.25, 0.3) is 11.1 Å². The highest BCUT2D eigenvalue weighted by molar-refractivity contribution is 9.10. The highest BCUT2D eigenvalue weighted by atomic mass is 79.9. The standard InChI is InChI=1S/C13H4BrF3N4O/c14-9-10(16)4(1-7(15)11(9)17)8-5(2-18)12(20)21-13(22)6(8)3-19/h1H,(H3,20,21,22). The maximum Gasteiger partial charge on any atom is 0.268 e. The van der Waals surface area contributed by atoms with Crippen molar-refractivity contribution in [1.29, 1.82) is 10.5 Å². The third-order valence-corrected chi connectivity index (χ3v) is 3.54. The largest absolute Gasteiger partial charge is 0.384 e. The van der Waals surface area contributed by atoms with E-state index in [9.17, 15) is 18.0 Å². The molecule has 0 unspecified atom stereocenters. The fourth-order valence-corrected chi connectivity index (χ4v) is 2.27. The molecule has 0 saturated carbocycles. The van der Waals surface area contributed by atoms with Gasteiger partial charge in [0.1, 0.15) is 34.9 Å². The van der Waals surface area contributed by atoms with Crippen LogP contribution in [0.4, 0.5) is 19.0 Å². The quantitative estimate of drug-likeness (QED) is 0.595. The van der Waals surface area contributed by atoms with Gasteiger partial charge in [-0.05, 0) is 22.0 Å². The summed E-state index contributed by atoms with van der Waals surface area (Å²) in [6.45, 7) is 0. The van der Waals surface area contributed by atoms with E-state index in [1.165, 1.54) is 6.07 Å². The van der Waals surface area contributed by atoms with Gasteiger partial charge in [-0.2, -0.15) is 10.5 Å². The second kappa shape index (κ2) is 5.54. The van der Waals surface area contributed by atoms with Crippen LogP contribution in [0.2, 0.25) is 0 Å². The maximum absolute atomic E-state index is 14.2. The number of pyridine rings is 1. The molecule has 0 radical (unpaired) electrons. The topological polar surface area (TPSA) is 106 Å². The molecule has 0 spiro atoms. The lowest BCUT2D eigenvalue weighted by atomic mass is 9.96. The molecule has 2 aromatic rings. The molecule has 110 valence electrons. The average molecular weight is 369 g/mol. The molecule has 3 N–H and O–H groups in total. The van der Waals surface area contributed by atoms with E-state index in [1.807, 2.05) is 0 Å². The van der Waals surface area contributed by atoms with Gasteiger partial charge in [-0.15, -0.1) is 0 Å². The number of aromatic nitrogens is 1. The molecule has 0 bridgehead atoms. The van der Waals surface area contributed by atoms with E-state index >= 15 is 0 Å². The SMILES string of the molecule is N#Cc1c(N)[nH]c(=O)c(C#N)c1-c1cc(F)c(F)c(Br)c1F. The number of nitrogen functional groups attached to an aromatic ring is 1. The molecule has 0 atom stereocenters. The van der Waals surface area contributed by atoms with Crippen LogP contribution >= 0.6 is 15.9 Å². The van der Waals surface area contributed by atoms with Gasteiger partial charge in [0.05, 0.1) is 4.47 Å². The number of benzene rings is 1. The van der Waals surface area contributed by atoms with Crippen molar-refractivity contribution in [2.75, 3.05) is 5.73 Å². The van der Waals surface area contributed by atoms with E-state index in [4.69, 9.17) is 16.3 Å². The van der Waals surface area contributed by atoms with Crippen LogP contribution in [0.5, 0.6) is 0 Å². The van der Waals surface area contributed by atoms with Gasteiger partial charge in [-0.1, -0.05) is 0 Å². The summed E-state index contributed by atoms with van der Waals surface area (Å²) in [5.41, 5.74) is 2.30. The maximum atomic E-state index is 14.2. The highest BCUT2D eigenvalue weighted by Gasteiger charge is 2.25. The number of aromatic amines is 1. The highest BCUT2D eigenvalue weighted by Crippen LogP contribution is 2.35. The molecule has 0 saturated heterocycles. The molecule has 9 heteroatoms. The fraction of sp³-hybridized carbons (Fsp3) is 0. The van der Waals surface area contributed by atoms with E-state index in [0.717, 1.165) is 0 Å². The predicted octanol–water partition coefficient (Wildman–Crippen LogP) is 2.55. The Balaban J connectivity index is 3.06. The second-order valence-electron chi connectivity index (χ2n) is 4.06. The number of halogens is 4. The van der Waals surface area contributed by atoms with Gasteiger partial charge in [0.2, 0.25) is 0 Å². The molecule has 1 heterocycles. The molecule has 0 aliphatic heterocycles. The smallest absolute Gasteiger partial charge is 0.268 e. The molecule has 1 aromatic carbocycles. The van der Waals surface area contributed by atoms with Crippen LogP contribution in [0.15, 0.2) is 15.3 Å². The number of nitrogens with zero attached hydrogens (tertiary/aromatic N) is 2. The first-order valence-electron chi connectivity index (χ1n) is 5.52. The minimum absolute atomic E-state index is 0.415. The molecule has 2 rings (SSSR count). The average Bonchev–Trinajstić information content (AvgIpc) is 2.48. The number of nitrogens with two attached hydrogens (primary N) is 1. The van der Waals surface area contributed by atoms with Gasteiger partial charge in [0.15, 0.2) is 11.6 Å². The number of nitriles is 2. The van der Waals surface area contributed by atoms with Crippen molar-refractivity contribution >= 4 is 21.7 Å². The molecular weight excluding hydrogens is 365 g/mol. The first kappa shape index (κ1) is 15.6. The summed E-state index contributed by atoms with van der Waals surface area (Å²) >= 11 is 2.54. The summed E-state index contributed by atoms with van der Waals surface area (Å²) in [6.07, 6.45) is 0. The van der Waals surface area contributed by atoms with Gasteiger partial charge >= 0.3 is 0 Å². The Morgan fingerprint density at radius 3 is 2.27 bits per heavy atom. The number of nitrogens with one attached hydrogen (secondary N) is 1. The van der Waals surface area contributed by atoms with Crippen molar-refractivity contribution in [1.82, 2.24) is 4.98 Å². The molecule has 1 aromatic heterocycles. The number of hydrogen-bond acceptors (Lipinski definition) is 4. The van der Waals surface area contributed by atoms with Crippen molar-refractivity contribution < 1.29 is 13.2 Å². The summed E-state index contributed by atoms with van der Waals surface area (Å²) in [5.74, 6) is -4.58. The van der Waals surface area contributed by atoms with Crippen molar-refractivity contribution in [3.05, 3.63) is 49.5 Å². The Hall–Kier alpha value is -2.78. The van der Waals surface area contributed by atoms with Crippen LogP contribution in [0.3, 0.4) is 0 Å². The molecular formula is C13H4BrF3N4O. The van der Waals surface area contributed by atoms with Crippen molar-refractivity contribution in [3.63, 3.8) is 0 Å². The molecule has 0 fully saturated rings. The monoisotopic (exact) mass is 368 g/mol. The summed E-state index contributed by atoms with van der Waals surface area (Å²) in [4.78, 5) is 13.8.